The highest BCUT2D eigenvalue weighted by molar-refractivity contribution is 7.17. The minimum Gasteiger partial charge on any atom is -0.486 e. The van der Waals surface area contributed by atoms with E-state index in [1.54, 1.807) is 19.3 Å². The highest BCUT2D eigenvalue weighted by Gasteiger charge is 2.26. The van der Waals surface area contributed by atoms with Gasteiger partial charge in [0, 0.05) is 35.7 Å². The standard InChI is InChI=1S/C23H21ClN2O3S/c1-14(27)20-5-6-21(30-20)16-9-17-10-18(29-23(17)19(24)11-16)13-26-22(28)7-4-15-3-2-8-25-12-15/h2-3,5-6,8-9,11-12,18H,4,7,10,13H2,1H3,(H,26,28). The van der Waals surface area contributed by atoms with Crippen LogP contribution in [0.1, 0.15) is 34.1 Å². The predicted molar refractivity (Wildman–Crippen MR) is 118 cm³/mol. The van der Waals surface area contributed by atoms with Crippen LogP contribution in [0, 0.1) is 0 Å². The van der Waals surface area contributed by atoms with Gasteiger partial charge in [0.25, 0.3) is 0 Å². The fourth-order valence-corrected chi connectivity index (χ4v) is 4.62. The molecule has 1 atom stereocenters. The molecule has 2 aromatic heterocycles. The fraction of sp³-hybridized carbons (Fsp3) is 0.261. The zero-order valence-electron chi connectivity index (χ0n) is 16.5. The number of hydrogen-bond acceptors (Lipinski definition) is 5. The van der Waals surface area contributed by atoms with Crippen molar-refractivity contribution in [3.63, 3.8) is 0 Å². The second-order valence-electron chi connectivity index (χ2n) is 7.28. The first-order valence-corrected chi connectivity index (χ1v) is 10.9. The van der Waals surface area contributed by atoms with Crippen LogP contribution in [0.15, 0.2) is 48.8 Å². The molecule has 0 radical (unpaired) electrons. The van der Waals surface area contributed by atoms with Crippen LogP contribution in [0.5, 0.6) is 5.75 Å². The SMILES string of the molecule is CC(=O)c1ccc(-c2cc(Cl)c3c(c2)CC(CNC(=O)CCc2cccnc2)O3)s1. The van der Waals surface area contributed by atoms with Gasteiger partial charge in [0.15, 0.2) is 5.78 Å². The molecule has 3 heterocycles. The van der Waals surface area contributed by atoms with E-state index in [2.05, 4.69) is 16.4 Å². The van der Waals surface area contributed by atoms with E-state index in [0.717, 1.165) is 26.4 Å². The van der Waals surface area contributed by atoms with E-state index in [1.807, 2.05) is 30.3 Å². The Morgan fingerprint density at radius 2 is 2.17 bits per heavy atom. The lowest BCUT2D eigenvalue weighted by Crippen LogP contribution is -2.34. The van der Waals surface area contributed by atoms with Crippen LogP contribution >= 0.6 is 22.9 Å². The Bertz CT molecular complexity index is 1080. The lowest BCUT2D eigenvalue weighted by molar-refractivity contribution is -0.121. The Labute approximate surface area is 184 Å². The number of carbonyl (C=O) groups is 2. The van der Waals surface area contributed by atoms with Crippen molar-refractivity contribution in [1.82, 2.24) is 10.3 Å². The maximum absolute atomic E-state index is 12.2. The number of fused-ring (bicyclic) bond motifs is 1. The fourth-order valence-electron chi connectivity index (χ4n) is 3.45. The monoisotopic (exact) mass is 440 g/mol. The summed E-state index contributed by atoms with van der Waals surface area (Å²) in [5.74, 6) is 0.722. The predicted octanol–water partition coefficient (Wildman–Crippen LogP) is 4.72. The zero-order chi connectivity index (χ0) is 21.1. The van der Waals surface area contributed by atoms with Crippen molar-refractivity contribution < 1.29 is 14.3 Å². The number of halogens is 1. The first-order valence-electron chi connectivity index (χ1n) is 9.75. The third-order valence-corrected chi connectivity index (χ3v) is 6.50. The second-order valence-corrected chi connectivity index (χ2v) is 8.77. The summed E-state index contributed by atoms with van der Waals surface area (Å²) in [6.45, 7) is 1.99. The average molecular weight is 441 g/mol. The molecule has 7 heteroatoms. The molecular weight excluding hydrogens is 420 g/mol. The highest BCUT2D eigenvalue weighted by Crippen LogP contribution is 2.41. The summed E-state index contributed by atoms with van der Waals surface area (Å²) >= 11 is 7.92. The average Bonchev–Trinajstić information content (AvgIpc) is 3.39. The van der Waals surface area contributed by atoms with Crippen LogP contribution in [0.4, 0.5) is 0 Å². The van der Waals surface area contributed by atoms with Gasteiger partial charge in [0.05, 0.1) is 16.4 Å². The first kappa shape index (κ1) is 20.6. The van der Waals surface area contributed by atoms with Gasteiger partial charge in [-0.15, -0.1) is 11.3 Å². The topological polar surface area (TPSA) is 68.3 Å². The van der Waals surface area contributed by atoms with E-state index in [9.17, 15) is 9.59 Å². The molecule has 0 bridgehead atoms. The van der Waals surface area contributed by atoms with E-state index in [4.69, 9.17) is 16.3 Å². The van der Waals surface area contributed by atoms with Gasteiger partial charge in [0.1, 0.15) is 11.9 Å². The molecule has 0 saturated heterocycles. The van der Waals surface area contributed by atoms with Crippen LogP contribution in [0.25, 0.3) is 10.4 Å². The second kappa shape index (κ2) is 8.98. The molecule has 154 valence electrons. The molecule has 5 nitrogen and oxygen atoms in total. The smallest absolute Gasteiger partial charge is 0.220 e. The Kier molecular flexibility index (Phi) is 6.16. The maximum atomic E-state index is 12.2. The quantitative estimate of drug-likeness (QED) is 0.540. The van der Waals surface area contributed by atoms with Crippen molar-refractivity contribution >= 4 is 34.6 Å². The number of amides is 1. The minimum atomic E-state index is -0.147. The lowest BCUT2D eigenvalue weighted by atomic mass is 10.1. The number of thiophene rings is 1. The molecular formula is C23H21ClN2O3S. The summed E-state index contributed by atoms with van der Waals surface area (Å²) in [4.78, 5) is 29.5. The molecule has 1 unspecified atom stereocenters. The van der Waals surface area contributed by atoms with Crippen molar-refractivity contribution in [3.8, 4) is 16.2 Å². The maximum Gasteiger partial charge on any atom is 0.220 e. The van der Waals surface area contributed by atoms with E-state index in [0.29, 0.717) is 36.6 Å². The van der Waals surface area contributed by atoms with Crippen LogP contribution in [0.3, 0.4) is 0 Å². The van der Waals surface area contributed by atoms with Crippen molar-refractivity contribution in [2.24, 2.45) is 0 Å². The summed E-state index contributed by atoms with van der Waals surface area (Å²) < 4.78 is 5.98. The Morgan fingerprint density at radius 3 is 2.90 bits per heavy atom. The van der Waals surface area contributed by atoms with E-state index in [-0.39, 0.29) is 17.8 Å². The van der Waals surface area contributed by atoms with Gasteiger partial charge in [-0.1, -0.05) is 17.7 Å². The van der Waals surface area contributed by atoms with E-state index in [1.165, 1.54) is 11.3 Å². The van der Waals surface area contributed by atoms with Gasteiger partial charge >= 0.3 is 0 Å². The number of hydrogen-bond donors (Lipinski definition) is 1. The summed E-state index contributed by atoms with van der Waals surface area (Å²) in [6, 6.07) is 11.5. The number of ketones is 1. The molecule has 1 aromatic carbocycles. The normalized spacial score (nSPS) is 14.8. The van der Waals surface area contributed by atoms with Crippen molar-refractivity contribution in [2.45, 2.75) is 32.3 Å². The van der Waals surface area contributed by atoms with Crippen LogP contribution in [-0.4, -0.2) is 29.3 Å². The molecule has 1 amide bonds. The number of nitrogens with zero attached hydrogens (tertiary/aromatic N) is 1. The number of Topliss-reactive ketones (excluding diaryl/α,β-unsaturated/α-hetero) is 1. The Balaban J connectivity index is 1.35. The van der Waals surface area contributed by atoms with Gasteiger partial charge in [-0.05, 0) is 54.8 Å². The number of carbonyl (C=O) groups excluding carboxylic acids is 2. The molecule has 1 aliphatic rings. The summed E-state index contributed by atoms with van der Waals surface area (Å²) in [5.41, 5.74) is 3.03. The number of aromatic nitrogens is 1. The van der Waals surface area contributed by atoms with Crippen LogP contribution in [0.2, 0.25) is 5.02 Å². The Hall–Kier alpha value is -2.70. The summed E-state index contributed by atoms with van der Waals surface area (Å²) in [7, 11) is 0. The number of rotatable bonds is 7. The van der Waals surface area contributed by atoms with Gasteiger partial charge in [-0.25, -0.2) is 0 Å². The highest BCUT2D eigenvalue weighted by atomic mass is 35.5. The molecule has 0 spiro atoms. The molecule has 3 aromatic rings. The van der Waals surface area contributed by atoms with Crippen LogP contribution < -0.4 is 10.1 Å². The molecule has 30 heavy (non-hydrogen) atoms. The molecule has 0 fully saturated rings. The third kappa shape index (κ3) is 4.71. The number of pyridine rings is 1. The molecule has 4 rings (SSSR count). The molecule has 1 N–H and O–H groups in total. The van der Waals surface area contributed by atoms with Crippen molar-refractivity contribution in [3.05, 3.63) is 69.8 Å². The van der Waals surface area contributed by atoms with Crippen molar-refractivity contribution in [2.75, 3.05) is 6.54 Å². The minimum absolute atomic E-state index is 0.0134. The van der Waals surface area contributed by atoms with Gasteiger partial charge in [0.2, 0.25) is 5.91 Å². The molecule has 1 aliphatic heterocycles. The van der Waals surface area contributed by atoms with Gasteiger partial charge in [-0.2, -0.15) is 0 Å². The van der Waals surface area contributed by atoms with Crippen molar-refractivity contribution in [1.29, 1.82) is 0 Å². The lowest BCUT2D eigenvalue weighted by Gasteiger charge is -2.12. The third-order valence-electron chi connectivity index (χ3n) is 4.98. The van der Waals surface area contributed by atoms with E-state index >= 15 is 0 Å². The number of aryl methyl sites for hydroxylation is 1. The number of benzene rings is 1. The van der Waals surface area contributed by atoms with Gasteiger partial charge in [-0.3, -0.25) is 14.6 Å². The van der Waals surface area contributed by atoms with Gasteiger partial charge < -0.3 is 10.1 Å². The Morgan fingerprint density at radius 1 is 1.30 bits per heavy atom. The van der Waals surface area contributed by atoms with E-state index < -0.39 is 0 Å². The molecule has 0 saturated carbocycles. The molecule has 0 aliphatic carbocycles. The van der Waals surface area contributed by atoms with Crippen LogP contribution in [-0.2, 0) is 17.6 Å². The first-order chi connectivity index (χ1) is 14.5. The number of ether oxygens (including phenoxy) is 1. The largest absolute Gasteiger partial charge is 0.486 e. The summed E-state index contributed by atoms with van der Waals surface area (Å²) in [5, 5.41) is 3.50. The summed E-state index contributed by atoms with van der Waals surface area (Å²) in [6.07, 6.45) is 5.09. The number of nitrogens with one attached hydrogen (secondary N) is 1. The zero-order valence-corrected chi connectivity index (χ0v) is 18.1.